The fourth-order valence-corrected chi connectivity index (χ4v) is 4.71. The summed E-state index contributed by atoms with van der Waals surface area (Å²) in [4.78, 5) is 2.20. The summed E-state index contributed by atoms with van der Waals surface area (Å²) in [6.07, 6.45) is 6.14. The minimum Gasteiger partial charge on any atom is -0.207 e. The maximum Gasteiger partial charge on any atom is 0.123 e. The van der Waals surface area contributed by atoms with E-state index in [2.05, 4.69) is 6.92 Å². The highest BCUT2D eigenvalue weighted by Gasteiger charge is 2.12. The van der Waals surface area contributed by atoms with Gasteiger partial charge in [-0.2, -0.15) is 0 Å². The summed E-state index contributed by atoms with van der Waals surface area (Å²) in [6, 6.07) is 13.4. The van der Waals surface area contributed by atoms with Crippen LogP contribution in [0.15, 0.2) is 58.3 Å². The summed E-state index contributed by atoms with van der Waals surface area (Å²) in [5.41, 5.74) is 0. The van der Waals surface area contributed by atoms with Crippen molar-refractivity contribution in [1.29, 1.82) is 0 Å². The largest absolute Gasteiger partial charge is 0.207 e. The van der Waals surface area contributed by atoms with Gasteiger partial charge in [0.25, 0.3) is 0 Å². The maximum atomic E-state index is 13.1. The third kappa shape index (κ3) is 7.27. The van der Waals surface area contributed by atoms with E-state index < -0.39 is 0 Å². The van der Waals surface area contributed by atoms with Crippen molar-refractivity contribution in [3.8, 4) is 0 Å². The van der Waals surface area contributed by atoms with Crippen LogP contribution in [0.3, 0.4) is 0 Å². The summed E-state index contributed by atoms with van der Waals surface area (Å²) >= 11 is 3.58. The van der Waals surface area contributed by atoms with Crippen LogP contribution in [0, 0.1) is 11.6 Å². The summed E-state index contributed by atoms with van der Waals surface area (Å²) in [6.45, 7) is 2.22. The number of halogens is 2. The Labute approximate surface area is 152 Å². The van der Waals surface area contributed by atoms with Gasteiger partial charge >= 0.3 is 0 Å². The van der Waals surface area contributed by atoms with E-state index >= 15 is 0 Å². The Morgan fingerprint density at radius 1 is 0.792 bits per heavy atom. The standard InChI is InChI=1S/C20H24F2S2/c1-2-3-4-5-6-20(24-19-13-9-17(22)10-14-19)15-23-18-11-7-16(21)8-12-18/h7-14,20H,2-6,15H2,1H3. The lowest BCUT2D eigenvalue weighted by Crippen LogP contribution is -2.06. The van der Waals surface area contributed by atoms with Gasteiger partial charge in [0.1, 0.15) is 11.6 Å². The molecule has 2 rings (SSSR count). The van der Waals surface area contributed by atoms with Gasteiger partial charge in [-0.25, -0.2) is 8.78 Å². The van der Waals surface area contributed by atoms with Crippen LogP contribution in [0.4, 0.5) is 8.78 Å². The summed E-state index contributed by atoms with van der Waals surface area (Å²) in [5, 5.41) is 0.474. The second-order valence-electron chi connectivity index (χ2n) is 5.81. The highest BCUT2D eigenvalue weighted by atomic mass is 32.2. The minimum atomic E-state index is -0.198. The highest BCUT2D eigenvalue weighted by Crippen LogP contribution is 2.32. The molecule has 0 bridgehead atoms. The molecule has 0 radical (unpaired) electrons. The second kappa shape index (κ2) is 10.8. The van der Waals surface area contributed by atoms with Gasteiger partial charge in [0.2, 0.25) is 0 Å². The monoisotopic (exact) mass is 366 g/mol. The molecule has 0 saturated heterocycles. The van der Waals surface area contributed by atoms with Crippen molar-refractivity contribution < 1.29 is 8.78 Å². The molecule has 0 spiro atoms. The number of unbranched alkanes of at least 4 members (excludes halogenated alkanes) is 3. The van der Waals surface area contributed by atoms with Crippen molar-refractivity contribution in [2.45, 2.75) is 54.1 Å². The quantitative estimate of drug-likeness (QED) is 0.322. The fraction of sp³-hybridized carbons (Fsp3) is 0.400. The lowest BCUT2D eigenvalue weighted by atomic mass is 10.1. The maximum absolute atomic E-state index is 13.1. The van der Waals surface area contributed by atoms with E-state index in [0.29, 0.717) is 5.25 Å². The number of benzene rings is 2. The van der Waals surface area contributed by atoms with Crippen molar-refractivity contribution in [1.82, 2.24) is 0 Å². The lowest BCUT2D eigenvalue weighted by molar-refractivity contribution is 0.625. The zero-order valence-corrected chi connectivity index (χ0v) is 15.6. The van der Waals surface area contributed by atoms with Crippen LogP contribution < -0.4 is 0 Å². The van der Waals surface area contributed by atoms with Crippen LogP contribution in [0.25, 0.3) is 0 Å². The van der Waals surface area contributed by atoms with Crippen molar-refractivity contribution >= 4 is 23.5 Å². The predicted molar refractivity (Wildman–Crippen MR) is 102 cm³/mol. The second-order valence-corrected chi connectivity index (χ2v) is 8.28. The molecule has 0 aromatic heterocycles. The summed E-state index contributed by atoms with van der Waals surface area (Å²) in [7, 11) is 0. The van der Waals surface area contributed by atoms with Gasteiger partial charge in [0, 0.05) is 20.8 Å². The Morgan fingerprint density at radius 2 is 1.38 bits per heavy atom. The Morgan fingerprint density at radius 3 is 1.96 bits per heavy atom. The number of thioether (sulfide) groups is 2. The number of hydrogen-bond donors (Lipinski definition) is 0. The Kier molecular flexibility index (Phi) is 8.68. The van der Waals surface area contributed by atoms with Crippen molar-refractivity contribution in [3.05, 3.63) is 60.2 Å². The van der Waals surface area contributed by atoms with E-state index in [4.69, 9.17) is 0 Å². The molecule has 0 amide bonds. The minimum absolute atomic E-state index is 0.195. The Balaban J connectivity index is 1.90. The molecule has 4 heteroatoms. The van der Waals surface area contributed by atoms with Gasteiger partial charge in [0.05, 0.1) is 0 Å². The molecule has 2 aromatic rings. The molecular weight excluding hydrogens is 342 g/mol. The van der Waals surface area contributed by atoms with E-state index in [1.165, 1.54) is 49.9 Å². The van der Waals surface area contributed by atoms with Gasteiger partial charge in [-0.15, -0.1) is 23.5 Å². The van der Waals surface area contributed by atoms with E-state index in [1.54, 1.807) is 11.8 Å². The zero-order chi connectivity index (χ0) is 17.2. The molecule has 0 heterocycles. The van der Waals surface area contributed by atoms with Crippen LogP contribution in [0.1, 0.15) is 39.0 Å². The van der Waals surface area contributed by atoms with Crippen LogP contribution in [0.5, 0.6) is 0 Å². The summed E-state index contributed by atoms with van der Waals surface area (Å²) in [5.74, 6) is 0.579. The topological polar surface area (TPSA) is 0 Å². The van der Waals surface area contributed by atoms with Crippen molar-refractivity contribution in [3.63, 3.8) is 0 Å². The van der Waals surface area contributed by atoms with E-state index in [0.717, 1.165) is 22.0 Å². The van der Waals surface area contributed by atoms with Crippen LogP contribution in [-0.2, 0) is 0 Å². The van der Waals surface area contributed by atoms with Gasteiger partial charge in [0.15, 0.2) is 0 Å². The first-order valence-electron chi connectivity index (χ1n) is 8.48. The van der Waals surface area contributed by atoms with Crippen LogP contribution in [0.2, 0.25) is 0 Å². The zero-order valence-electron chi connectivity index (χ0n) is 14.0. The van der Waals surface area contributed by atoms with E-state index in [9.17, 15) is 8.78 Å². The number of hydrogen-bond acceptors (Lipinski definition) is 2. The average molecular weight is 367 g/mol. The third-order valence-electron chi connectivity index (χ3n) is 3.75. The molecule has 24 heavy (non-hydrogen) atoms. The van der Waals surface area contributed by atoms with Gasteiger partial charge in [-0.05, 0) is 55.0 Å². The predicted octanol–water partition coefficient (Wildman–Crippen LogP) is 7.19. The number of rotatable bonds is 10. The van der Waals surface area contributed by atoms with Crippen molar-refractivity contribution in [2.24, 2.45) is 0 Å². The van der Waals surface area contributed by atoms with Crippen molar-refractivity contribution in [2.75, 3.05) is 5.75 Å². The molecule has 0 saturated carbocycles. The SMILES string of the molecule is CCCCCCC(CSc1ccc(F)cc1)Sc1ccc(F)cc1. The first-order chi connectivity index (χ1) is 11.7. The first-order valence-corrected chi connectivity index (χ1v) is 10.3. The van der Waals surface area contributed by atoms with Crippen LogP contribution in [-0.4, -0.2) is 11.0 Å². The molecule has 0 aliphatic rings. The Bertz CT molecular complexity index is 582. The van der Waals surface area contributed by atoms with Gasteiger partial charge < -0.3 is 0 Å². The molecule has 1 unspecified atom stereocenters. The van der Waals surface area contributed by atoms with E-state index in [-0.39, 0.29) is 11.6 Å². The third-order valence-corrected chi connectivity index (χ3v) is 6.41. The smallest absolute Gasteiger partial charge is 0.123 e. The van der Waals surface area contributed by atoms with Crippen LogP contribution >= 0.6 is 23.5 Å². The highest BCUT2D eigenvalue weighted by molar-refractivity contribution is 8.03. The lowest BCUT2D eigenvalue weighted by Gasteiger charge is -2.16. The van der Waals surface area contributed by atoms with E-state index in [1.807, 2.05) is 36.0 Å². The molecule has 0 N–H and O–H groups in total. The molecule has 2 aromatic carbocycles. The van der Waals surface area contributed by atoms with Gasteiger partial charge in [-0.3, -0.25) is 0 Å². The summed E-state index contributed by atoms with van der Waals surface area (Å²) < 4.78 is 26.1. The average Bonchev–Trinajstić information content (AvgIpc) is 2.59. The fourth-order valence-electron chi connectivity index (χ4n) is 2.40. The molecule has 0 fully saturated rings. The molecular formula is C20H24F2S2. The molecule has 0 aliphatic heterocycles. The molecule has 130 valence electrons. The Hall–Kier alpha value is -1.00. The molecule has 0 aliphatic carbocycles. The van der Waals surface area contributed by atoms with Gasteiger partial charge in [-0.1, -0.05) is 32.6 Å². The molecule has 1 atom stereocenters. The molecule has 0 nitrogen and oxygen atoms in total. The first kappa shape index (κ1) is 19.3. The normalized spacial score (nSPS) is 12.3.